The third-order valence-corrected chi connectivity index (χ3v) is 6.29. The van der Waals surface area contributed by atoms with E-state index in [1.807, 2.05) is 11.0 Å². The van der Waals surface area contributed by atoms with E-state index in [-0.39, 0.29) is 17.1 Å². The number of carbonyl (C=O) groups excluding carboxylic acids is 1. The molecule has 1 saturated heterocycles. The fourth-order valence-corrected chi connectivity index (χ4v) is 4.42. The Kier molecular flexibility index (Phi) is 6.29. The first-order valence-corrected chi connectivity index (χ1v) is 11.6. The third-order valence-electron chi connectivity index (χ3n) is 6.29. The van der Waals surface area contributed by atoms with Crippen molar-refractivity contribution in [2.45, 2.75) is 6.42 Å². The molecular formula is C27H26FN5O2. The van der Waals surface area contributed by atoms with E-state index >= 15 is 4.39 Å². The number of likely N-dealkylation sites (N-methyl/N-ethyl adjacent to an activating group) is 1. The number of aromatic nitrogens is 2. The van der Waals surface area contributed by atoms with Crippen LogP contribution in [0.15, 0.2) is 77.6 Å². The lowest BCUT2D eigenvalue weighted by Gasteiger charge is -2.23. The Morgan fingerprint density at radius 3 is 2.43 bits per heavy atom. The highest BCUT2D eigenvalue weighted by atomic mass is 19.1. The van der Waals surface area contributed by atoms with Gasteiger partial charge in [-0.15, -0.1) is 0 Å². The minimum atomic E-state index is -0.519. The second-order valence-electron chi connectivity index (χ2n) is 8.71. The van der Waals surface area contributed by atoms with Gasteiger partial charge in [-0.05, 0) is 56.4 Å². The van der Waals surface area contributed by atoms with Crippen LogP contribution in [0.25, 0.3) is 16.5 Å². The lowest BCUT2D eigenvalue weighted by molar-refractivity contribution is 0.102. The van der Waals surface area contributed by atoms with Crippen LogP contribution in [0.5, 0.6) is 0 Å². The average molecular weight is 472 g/mol. The van der Waals surface area contributed by atoms with Crippen molar-refractivity contribution < 1.29 is 9.18 Å². The van der Waals surface area contributed by atoms with Crippen LogP contribution in [0, 0.1) is 5.82 Å². The summed E-state index contributed by atoms with van der Waals surface area (Å²) in [5.74, 6) is -0.908. The summed E-state index contributed by atoms with van der Waals surface area (Å²) in [5.41, 5.74) is 1.17. The molecule has 178 valence electrons. The van der Waals surface area contributed by atoms with Gasteiger partial charge in [-0.25, -0.2) is 4.39 Å². The van der Waals surface area contributed by atoms with E-state index in [0.29, 0.717) is 27.8 Å². The number of benzene rings is 3. The van der Waals surface area contributed by atoms with Crippen molar-refractivity contribution in [2.24, 2.45) is 0 Å². The summed E-state index contributed by atoms with van der Waals surface area (Å²) in [7, 11) is 2.07. The summed E-state index contributed by atoms with van der Waals surface area (Å²) in [6.45, 7) is 3.38. The van der Waals surface area contributed by atoms with Gasteiger partial charge in [0, 0.05) is 30.7 Å². The fourth-order valence-electron chi connectivity index (χ4n) is 4.42. The van der Waals surface area contributed by atoms with E-state index < -0.39 is 5.91 Å². The third kappa shape index (κ3) is 4.65. The van der Waals surface area contributed by atoms with E-state index in [4.69, 9.17) is 0 Å². The van der Waals surface area contributed by atoms with Gasteiger partial charge in [0.25, 0.3) is 11.5 Å². The van der Waals surface area contributed by atoms with Crippen molar-refractivity contribution in [3.8, 4) is 5.69 Å². The number of anilines is 2. The number of hydrogen-bond donors (Lipinski definition) is 1. The van der Waals surface area contributed by atoms with E-state index in [1.54, 1.807) is 60.7 Å². The largest absolute Gasteiger partial charge is 0.368 e. The molecule has 35 heavy (non-hydrogen) atoms. The molecular weight excluding hydrogens is 445 g/mol. The lowest BCUT2D eigenvalue weighted by atomic mass is 10.1. The highest BCUT2D eigenvalue weighted by molar-refractivity contribution is 6.11. The minimum absolute atomic E-state index is 0.0871. The molecule has 2 heterocycles. The molecule has 1 fully saturated rings. The Labute approximate surface area is 202 Å². The van der Waals surface area contributed by atoms with Crippen LogP contribution in [0.1, 0.15) is 16.9 Å². The molecule has 0 saturated carbocycles. The number of carbonyl (C=O) groups is 1. The van der Waals surface area contributed by atoms with Crippen molar-refractivity contribution >= 4 is 28.1 Å². The Morgan fingerprint density at radius 1 is 0.914 bits per heavy atom. The summed E-state index contributed by atoms with van der Waals surface area (Å²) in [4.78, 5) is 30.6. The van der Waals surface area contributed by atoms with E-state index in [9.17, 15) is 9.59 Å². The first kappa shape index (κ1) is 22.7. The van der Waals surface area contributed by atoms with Gasteiger partial charge in [-0.2, -0.15) is 9.78 Å². The van der Waals surface area contributed by atoms with Crippen LogP contribution in [0.2, 0.25) is 0 Å². The van der Waals surface area contributed by atoms with Gasteiger partial charge in [0.05, 0.1) is 16.8 Å². The zero-order chi connectivity index (χ0) is 24.4. The van der Waals surface area contributed by atoms with Gasteiger partial charge < -0.3 is 15.1 Å². The van der Waals surface area contributed by atoms with Crippen LogP contribution in [-0.2, 0) is 0 Å². The number of hydrogen-bond acceptors (Lipinski definition) is 5. The average Bonchev–Trinajstić information content (AvgIpc) is 3.09. The zero-order valence-electron chi connectivity index (χ0n) is 19.4. The number of nitrogens with zero attached hydrogens (tertiary/aromatic N) is 4. The molecule has 0 spiro atoms. The molecule has 5 rings (SSSR count). The van der Waals surface area contributed by atoms with Crippen molar-refractivity contribution in [3.63, 3.8) is 0 Å². The van der Waals surface area contributed by atoms with Crippen LogP contribution < -0.4 is 15.8 Å². The van der Waals surface area contributed by atoms with Gasteiger partial charge >= 0.3 is 0 Å². The predicted octanol–water partition coefficient (Wildman–Crippen LogP) is 3.92. The summed E-state index contributed by atoms with van der Waals surface area (Å²) < 4.78 is 16.3. The molecule has 4 aromatic rings. The first-order chi connectivity index (χ1) is 17.0. The molecule has 0 atom stereocenters. The van der Waals surface area contributed by atoms with Crippen LogP contribution in [-0.4, -0.2) is 53.8 Å². The van der Waals surface area contributed by atoms with E-state index in [0.717, 1.165) is 32.6 Å². The molecule has 0 unspecified atom stereocenters. The summed E-state index contributed by atoms with van der Waals surface area (Å²) in [6.07, 6.45) is 0.963. The van der Waals surface area contributed by atoms with Gasteiger partial charge in [-0.1, -0.05) is 36.4 Å². The Morgan fingerprint density at radius 2 is 1.66 bits per heavy atom. The Balaban J connectivity index is 1.47. The minimum Gasteiger partial charge on any atom is -0.368 e. The molecule has 1 amide bonds. The topological polar surface area (TPSA) is 70.5 Å². The molecule has 0 aliphatic carbocycles. The van der Waals surface area contributed by atoms with Gasteiger partial charge in [-0.3, -0.25) is 9.59 Å². The summed E-state index contributed by atoms with van der Waals surface area (Å²) in [6, 6.07) is 20.5. The fraction of sp³-hybridized carbons (Fsp3) is 0.222. The summed E-state index contributed by atoms with van der Waals surface area (Å²) in [5, 5.41) is 7.96. The first-order valence-electron chi connectivity index (χ1n) is 11.6. The molecule has 1 aliphatic rings. The summed E-state index contributed by atoms with van der Waals surface area (Å²) >= 11 is 0. The number of amides is 1. The molecule has 8 heteroatoms. The van der Waals surface area contributed by atoms with E-state index in [2.05, 4.69) is 22.4 Å². The second kappa shape index (κ2) is 9.68. The molecule has 1 aromatic heterocycles. The Hall–Kier alpha value is -4.04. The van der Waals surface area contributed by atoms with Gasteiger partial charge in [0.15, 0.2) is 5.69 Å². The maximum atomic E-state index is 15.0. The second-order valence-corrected chi connectivity index (χ2v) is 8.71. The smallest absolute Gasteiger partial charge is 0.279 e. The molecule has 1 N–H and O–H groups in total. The number of nitrogens with one attached hydrogen (secondary N) is 1. The maximum absolute atomic E-state index is 15.0. The lowest BCUT2D eigenvalue weighted by Crippen LogP contribution is -2.29. The number of para-hydroxylation sites is 1. The van der Waals surface area contributed by atoms with Crippen LogP contribution in [0.4, 0.5) is 15.8 Å². The van der Waals surface area contributed by atoms with Crippen molar-refractivity contribution in [1.82, 2.24) is 14.7 Å². The molecule has 7 nitrogen and oxygen atoms in total. The molecule has 0 radical (unpaired) electrons. The maximum Gasteiger partial charge on any atom is 0.279 e. The quantitative estimate of drug-likeness (QED) is 0.489. The highest BCUT2D eigenvalue weighted by Crippen LogP contribution is 2.25. The highest BCUT2D eigenvalue weighted by Gasteiger charge is 2.20. The van der Waals surface area contributed by atoms with Gasteiger partial charge in [0.2, 0.25) is 0 Å². The molecule has 1 aliphatic heterocycles. The van der Waals surface area contributed by atoms with Crippen molar-refractivity contribution in [1.29, 1.82) is 0 Å². The SMILES string of the molecule is CN1CCCN(c2ccc(NC(=O)c3nn(-c4ccccc4)c(=O)c4ccccc34)cc2F)CC1. The predicted molar refractivity (Wildman–Crippen MR) is 136 cm³/mol. The molecule has 3 aromatic carbocycles. The standard InChI is InChI=1S/C27H26FN5O2/c1-31-14-7-15-32(17-16-31)24-13-12-19(18-23(24)28)29-26(34)25-21-10-5-6-11-22(21)27(35)33(30-25)20-8-3-2-4-9-20/h2-6,8-13,18H,7,14-17H2,1H3,(H,29,34). The van der Waals surface area contributed by atoms with Crippen LogP contribution in [0.3, 0.4) is 0 Å². The monoisotopic (exact) mass is 471 g/mol. The number of rotatable bonds is 4. The normalized spacial score (nSPS) is 14.6. The number of fused-ring (bicyclic) bond motifs is 1. The van der Waals surface area contributed by atoms with E-state index in [1.165, 1.54) is 10.7 Å². The number of halogens is 1. The zero-order valence-corrected chi connectivity index (χ0v) is 19.4. The van der Waals surface area contributed by atoms with Crippen molar-refractivity contribution in [2.75, 3.05) is 43.4 Å². The Bertz CT molecular complexity index is 1440. The molecule has 0 bridgehead atoms. The van der Waals surface area contributed by atoms with Crippen molar-refractivity contribution in [3.05, 3.63) is 94.7 Å². The van der Waals surface area contributed by atoms with Crippen LogP contribution >= 0.6 is 0 Å². The van der Waals surface area contributed by atoms with Gasteiger partial charge in [0.1, 0.15) is 5.82 Å².